The van der Waals surface area contributed by atoms with Crippen LogP contribution in [0.15, 0.2) is 53.5 Å². The van der Waals surface area contributed by atoms with Gasteiger partial charge in [0.25, 0.3) is 0 Å². The topological polar surface area (TPSA) is 103 Å². The minimum absolute atomic E-state index is 0.308. The minimum Gasteiger partial charge on any atom is -0.495 e. The number of methoxy groups -OCH3 is 1. The highest BCUT2D eigenvalue weighted by molar-refractivity contribution is 6.32. The summed E-state index contributed by atoms with van der Waals surface area (Å²) in [7, 11) is 1.56. The standard InChI is InChI=1S/C20H21ClN6O/c1-3-18-24-14-6-4-5-7-15(14)27(18)19-11-17(22)25-20(23,26-19)12-8-9-16(28-2)13(21)10-12/h4-11,26H,3,23H2,1-2H3,(H2,22,25). The number of halogens is 1. The van der Waals surface area contributed by atoms with Crippen LogP contribution < -0.4 is 21.5 Å². The van der Waals surface area contributed by atoms with Crippen molar-refractivity contribution in [1.29, 1.82) is 0 Å². The van der Waals surface area contributed by atoms with Gasteiger partial charge in [-0.3, -0.25) is 10.3 Å². The van der Waals surface area contributed by atoms with E-state index >= 15 is 0 Å². The largest absolute Gasteiger partial charge is 0.495 e. The monoisotopic (exact) mass is 396 g/mol. The molecule has 7 nitrogen and oxygen atoms in total. The quantitative estimate of drug-likeness (QED) is 0.629. The Morgan fingerprint density at radius 2 is 2.04 bits per heavy atom. The predicted molar refractivity (Wildman–Crippen MR) is 112 cm³/mol. The molecule has 4 rings (SSSR count). The SMILES string of the molecule is CCc1nc2ccccc2n1C1=CC(N)=NC(N)(c2ccc(OC)c(Cl)c2)N1. The highest BCUT2D eigenvalue weighted by atomic mass is 35.5. The van der Waals surface area contributed by atoms with Crippen LogP contribution in [0.25, 0.3) is 16.9 Å². The average Bonchev–Trinajstić information content (AvgIpc) is 3.06. The number of imidazole rings is 1. The van der Waals surface area contributed by atoms with E-state index in [9.17, 15) is 0 Å². The molecule has 3 aromatic rings. The van der Waals surface area contributed by atoms with Crippen LogP contribution in [0.2, 0.25) is 5.02 Å². The van der Waals surface area contributed by atoms with Crippen molar-refractivity contribution >= 4 is 34.3 Å². The maximum absolute atomic E-state index is 6.61. The fraction of sp³-hybridized carbons (Fsp3) is 0.200. The smallest absolute Gasteiger partial charge is 0.212 e. The van der Waals surface area contributed by atoms with Crippen molar-refractivity contribution in [3.63, 3.8) is 0 Å². The molecular weight excluding hydrogens is 376 g/mol. The third kappa shape index (κ3) is 2.98. The number of aromatic nitrogens is 2. The zero-order valence-corrected chi connectivity index (χ0v) is 16.4. The Hall–Kier alpha value is -3.03. The van der Waals surface area contributed by atoms with Crippen LogP contribution in [0.4, 0.5) is 0 Å². The van der Waals surface area contributed by atoms with Crippen molar-refractivity contribution in [3.8, 4) is 5.75 Å². The average molecular weight is 397 g/mol. The van der Waals surface area contributed by atoms with Gasteiger partial charge < -0.3 is 15.8 Å². The molecule has 8 heteroatoms. The zero-order chi connectivity index (χ0) is 19.9. The van der Waals surface area contributed by atoms with Crippen molar-refractivity contribution in [3.05, 3.63) is 65.0 Å². The Bertz CT molecular complexity index is 1120. The van der Waals surface area contributed by atoms with Crippen LogP contribution >= 0.6 is 11.6 Å². The highest BCUT2D eigenvalue weighted by Gasteiger charge is 2.32. The van der Waals surface area contributed by atoms with Gasteiger partial charge in [0.05, 0.1) is 23.2 Å². The van der Waals surface area contributed by atoms with Crippen LogP contribution in [-0.2, 0) is 12.2 Å². The molecule has 2 aromatic carbocycles. The second-order valence-electron chi connectivity index (χ2n) is 6.51. The summed E-state index contributed by atoms with van der Waals surface area (Å²) in [6.07, 6.45) is 2.50. The van der Waals surface area contributed by atoms with E-state index in [2.05, 4.69) is 17.2 Å². The first-order chi connectivity index (χ1) is 13.4. The Labute approximate surface area is 167 Å². The molecule has 2 heterocycles. The molecule has 1 atom stereocenters. The molecule has 0 spiro atoms. The summed E-state index contributed by atoms with van der Waals surface area (Å²) in [5.74, 6) is 1.19. The fourth-order valence-electron chi connectivity index (χ4n) is 3.38. The normalized spacial score (nSPS) is 19.1. The third-order valence-electron chi connectivity index (χ3n) is 4.69. The van der Waals surface area contributed by atoms with E-state index in [1.165, 1.54) is 0 Å². The Morgan fingerprint density at radius 1 is 1.25 bits per heavy atom. The lowest BCUT2D eigenvalue weighted by Gasteiger charge is -2.33. The minimum atomic E-state index is -1.28. The molecule has 0 radical (unpaired) electrons. The van der Waals surface area contributed by atoms with Crippen LogP contribution in [0.5, 0.6) is 5.75 Å². The molecule has 0 bridgehead atoms. The molecule has 0 fully saturated rings. The van der Waals surface area contributed by atoms with Gasteiger partial charge in [0, 0.05) is 18.1 Å². The lowest BCUT2D eigenvalue weighted by molar-refractivity contribution is 0.403. The molecule has 0 saturated heterocycles. The molecule has 0 saturated carbocycles. The van der Waals surface area contributed by atoms with Gasteiger partial charge in [-0.15, -0.1) is 0 Å². The van der Waals surface area contributed by atoms with E-state index < -0.39 is 5.79 Å². The van der Waals surface area contributed by atoms with Gasteiger partial charge in [-0.2, -0.15) is 0 Å². The summed E-state index contributed by atoms with van der Waals surface area (Å²) < 4.78 is 7.24. The number of nitrogens with zero attached hydrogens (tertiary/aromatic N) is 3. The van der Waals surface area contributed by atoms with E-state index in [1.54, 1.807) is 25.3 Å². The summed E-state index contributed by atoms with van der Waals surface area (Å²) in [6, 6.07) is 13.2. The molecule has 144 valence electrons. The molecule has 0 aliphatic carbocycles. The lowest BCUT2D eigenvalue weighted by Crippen LogP contribution is -2.52. The number of fused-ring (bicyclic) bond motifs is 1. The van der Waals surface area contributed by atoms with Crippen LogP contribution in [0, 0.1) is 0 Å². The second-order valence-corrected chi connectivity index (χ2v) is 6.92. The van der Waals surface area contributed by atoms with Crippen molar-refractivity contribution in [2.24, 2.45) is 16.5 Å². The number of aryl methyl sites for hydroxylation is 1. The van der Waals surface area contributed by atoms with Crippen LogP contribution in [0.3, 0.4) is 0 Å². The first-order valence-corrected chi connectivity index (χ1v) is 9.28. The Morgan fingerprint density at radius 3 is 2.75 bits per heavy atom. The highest BCUT2D eigenvalue weighted by Crippen LogP contribution is 2.31. The van der Waals surface area contributed by atoms with Crippen LogP contribution in [0.1, 0.15) is 18.3 Å². The van der Waals surface area contributed by atoms with Crippen molar-refractivity contribution in [2.75, 3.05) is 7.11 Å². The van der Waals surface area contributed by atoms with Crippen molar-refractivity contribution < 1.29 is 4.74 Å². The number of aliphatic imine (C=N–C) groups is 1. The molecule has 1 aliphatic rings. The van der Waals surface area contributed by atoms with Gasteiger partial charge in [0.1, 0.15) is 23.2 Å². The number of amidine groups is 1. The molecule has 1 aromatic heterocycles. The molecule has 5 N–H and O–H groups in total. The van der Waals surface area contributed by atoms with E-state index in [0.29, 0.717) is 28.0 Å². The summed E-state index contributed by atoms with van der Waals surface area (Å²) in [5.41, 5.74) is 15.3. The third-order valence-corrected chi connectivity index (χ3v) is 4.98. The van der Waals surface area contributed by atoms with E-state index in [4.69, 9.17) is 32.8 Å². The second kappa shape index (κ2) is 6.85. The Balaban J connectivity index is 1.82. The number of ether oxygens (including phenoxy) is 1. The molecule has 1 unspecified atom stereocenters. The first kappa shape index (κ1) is 18.3. The van der Waals surface area contributed by atoms with Crippen molar-refractivity contribution in [2.45, 2.75) is 19.1 Å². The summed E-state index contributed by atoms with van der Waals surface area (Å²) >= 11 is 6.29. The zero-order valence-electron chi connectivity index (χ0n) is 15.6. The Kier molecular flexibility index (Phi) is 4.49. The number of para-hydroxylation sites is 2. The number of nitrogens with two attached hydrogens (primary N) is 2. The number of benzene rings is 2. The van der Waals surface area contributed by atoms with Crippen LogP contribution in [-0.4, -0.2) is 22.5 Å². The summed E-state index contributed by atoms with van der Waals surface area (Å²) in [5, 5.41) is 3.75. The van der Waals surface area contributed by atoms with Crippen molar-refractivity contribution in [1.82, 2.24) is 14.9 Å². The lowest BCUT2D eigenvalue weighted by atomic mass is 10.1. The maximum atomic E-state index is 6.61. The van der Waals surface area contributed by atoms with Gasteiger partial charge in [0.15, 0.2) is 0 Å². The molecule has 28 heavy (non-hydrogen) atoms. The molecule has 0 amide bonds. The molecular formula is C20H21ClN6O. The number of rotatable bonds is 4. The van der Waals surface area contributed by atoms with Gasteiger partial charge >= 0.3 is 0 Å². The number of hydrogen-bond donors (Lipinski definition) is 3. The molecule has 1 aliphatic heterocycles. The van der Waals surface area contributed by atoms with Gasteiger partial charge in [-0.05, 0) is 30.3 Å². The van der Waals surface area contributed by atoms with Gasteiger partial charge in [-0.25, -0.2) is 9.98 Å². The number of nitrogens with one attached hydrogen (secondary N) is 1. The number of hydrogen-bond acceptors (Lipinski definition) is 6. The summed E-state index contributed by atoms with van der Waals surface area (Å²) in [6.45, 7) is 2.05. The fourth-order valence-corrected chi connectivity index (χ4v) is 3.64. The van der Waals surface area contributed by atoms with Gasteiger partial charge in [0.2, 0.25) is 5.79 Å². The maximum Gasteiger partial charge on any atom is 0.212 e. The predicted octanol–water partition coefficient (Wildman–Crippen LogP) is 2.79. The summed E-state index contributed by atoms with van der Waals surface area (Å²) in [4.78, 5) is 9.14. The van der Waals surface area contributed by atoms with E-state index in [0.717, 1.165) is 23.3 Å². The van der Waals surface area contributed by atoms with Gasteiger partial charge in [-0.1, -0.05) is 30.7 Å². The van der Waals surface area contributed by atoms with E-state index in [-0.39, 0.29) is 0 Å². The first-order valence-electron chi connectivity index (χ1n) is 8.90. The van der Waals surface area contributed by atoms with E-state index in [1.807, 2.05) is 34.9 Å².